The van der Waals surface area contributed by atoms with Crippen LogP contribution < -0.4 is 4.74 Å². The maximum absolute atomic E-state index is 12.0. The molecule has 0 saturated carbocycles. The van der Waals surface area contributed by atoms with Crippen molar-refractivity contribution in [2.45, 2.75) is 13.3 Å². The molecule has 2 aromatic rings. The number of halogens is 3. The van der Waals surface area contributed by atoms with E-state index >= 15 is 0 Å². The van der Waals surface area contributed by atoms with E-state index in [1.54, 1.807) is 19.1 Å². The van der Waals surface area contributed by atoms with Gasteiger partial charge in [-0.25, -0.2) is 0 Å². The Morgan fingerprint density at radius 1 is 1.27 bits per heavy atom. The van der Waals surface area contributed by atoms with E-state index in [-0.39, 0.29) is 5.75 Å². The minimum absolute atomic E-state index is 0.177. The molecular weight excluding hydrogens is 207 g/mol. The van der Waals surface area contributed by atoms with Gasteiger partial charge >= 0.3 is 6.36 Å². The molecule has 5 heteroatoms. The molecule has 0 spiro atoms. The average Bonchev–Trinajstić information content (AvgIpc) is 2.43. The number of ether oxygens (including phenoxy) is 1. The van der Waals surface area contributed by atoms with E-state index < -0.39 is 6.36 Å². The van der Waals surface area contributed by atoms with Crippen LogP contribution in [0.3, 0.4) is 0 Å². The van der Waals surface area contributed by atoms with E-state index in [4.69, 9.17) is 0 Å². The lowest BCUT2D eigenvalue weighted by Gasteiger charge is -2.09. The summed E-state index contributed by atoms with van der Waals surface area (Å²) in [6, 6.07) is 6.13. The molecule has 0 aliphatic heterocycles. The summed E-state index contributed by atoms with van der Waals surface area (Å²) >= 11 is 0. The number of nitrogens with one attached hydrogen (secondary N) is 1. The Bertz CT molecular complexity index is 487. The van der Waals surface area contributed by atoms with Crippen LogP contribution in [0.5, 0.6) is 5.75 Å². The van der Waals surface area contributed by atoms with Crippen LogP contribution in [0, 0.1) is 6.92 Å². The Labute approximate surface area is 83.7 Å². The first kappa shape index (κ1) is 9.89. The van der Waals surface area contributed by atoms with Crippen molar-refractivity contribution in [2.24, 2.45) is 0 Å². The Morgan fingerprint density at radius 3 is 2.67 bits per heavy atom. The van der Waals surface area contributed by atoms with Crippen molar-refractivity contribution in [1.82, 2.24) is 4.98 Å². The third-order valence-electron chi connectivity index (χ3n) is 1.98. The highest BCUT2D eigenvalue weighted by Gasteiger charge is 2.31. The van der Waals surface area contributed by atoms with Crippen LogP contribution in [-0.2, 0) is 0 Å². The standard InChI is InChI=1S/C10H8F3NO/c1-6-5-7-8(14-6)3-2-4-9(7)15-10(11,12)13/h2-5,14H,1H3. The monoisotopic (exact) mass is 215 g/mol. The minimum atomic E-state index is -4.65. The van der Waals surface area contributed by atoms with Crippen LogP contribution in [0.4, 0.5) is 13.2 Å². The lowest BCUT2D eigenvalue weighted by molar-refractivity contribution is -0.274. The summed E-state index contributed by atoms with van der Waals surface area (Å²) in [7, 11) is 0. The maximum Gasteiger partial charge on any atom is 0.573 e. The fourth-order valence-corrected chi connectivity index (χ4v) is 1.48. The van der Waals surface area contributed by atoms with Crippen molar-refractivity contribution in [3.8, 4) is 5.75 Å². The normalized spacial score (nSPS) is 12.0. The molecule has 0 radical (unpaired) electrons. The Hall–Kier alpha value is -1.65. The van der Waals surface area contributed by atoms with E-state index in [9.17, 15) is 13.2 Å². The summed E-state index contributed by atoms with van der Waals surface area (Å²) in [4.78, 5) is 2.94. The summed E-state index contributed by atoms with van der Waals surface area (Å²) in [6.45, 7) is 1.78. The molecule has 0 saturated heterocycles. The molecule has 0 aliphatic rings. The number of aromatic amines is 1. The van der Waals surface area contributed by atoms with Crippen molar-refractivity contribution in [2.75, 3.05) is 0 Å². The second kappa shape index (κ2) is 3.18. The molecule has 80 valence electrons. The lowest BCUT2D eigenvalue weighted by Crippen LogP contribution is -2.17. The number of aromatic nitrogens is 1. The molecular formula is C10H8F3NO. The fourth-order valence-electron chi connectivity index (χ4n) is 1.48. The van der Waals surface area contributed by atoms with Gasteiger partial charge in [-0.1, -0.05) is 6.07 Å². The molecule has 0 unspecified atom stereocenters. The van der Waals surface area contributed by atoms with Crippen molar-refractivity contribution in [3.05, 3.63) is 30.0 Å². The van der Waals surface area contributed by atoms with Crippen LogP contribution in [0.15, 0.2) is 24.3 Å². The molecule has 2 nitrogen and oxygen atoms in total. The molecule has 1 aromatic heterocycles. The van der Waals surface area contributed by atoms with E-state index in [0.717, 1.165) is 5.69 Å². The van der Waals surface area contributed by atoms with E-state index in [1.165, 1.54) is 12.1 Å². The molecule has 0 fully saturated rings. The molecule has 2 rings (SSSR count). The first-order valence-corrected chi connectivity index (χ1v) is 4.30. The van der Waals surface area contributed by atoms with Crippen LogP contribution >= 0.6 is 0 Å². The summed E-state index contributed by atoms with van der Waals surface area (Å²) < 4.78 is 40.0. The third-order valence-corrected chi connectivity index (χ3v) is 1.98. The molecule has 1 N–H and O–H groups in total. The Morgan fingerprint density at radius 2 is 2.00 bits per heavy atom. The number of hydrogen-bond acceptors (Lipinski definition) is 1. The summed E-state index contributed by atoms with van der Waals surface area (Å²) in [5, 5.41) is 0.437. The lowest BCUT2D eigenvalue weighted by atomic mass is 10.2. The summed E-state index contributed by atoms with van der Waals surface area (Å²) in [6.07, 6.45) is -4.65. The minimum Gasteiger partial charge on any atom is -0.405 e. The van der Waals surface area contributed by atoms with Crippen molar-refractivity contribution < 1.29 is 17.9 Å². The molecule has 15 heavy (non-hydrogen) atoms. The fraction of sp³-hybridized carbons (Fsp3) is 0.200. The number of rotatable bonds is 1. The van der Waals surface area contributed by atoms with Gasteiger partial charge in [-0.2, -0.15) is 0 Å². The highest BCUT2D eigenvalue weighted by atomic mass is 19.4. The largest absolute Gasteiger partial charge is 0.573 e. The smallest absolute Gasteiger partial charge is 0.405 e. The highest BCUT2D eigenvalue weighted by molar-refractivity contribution is 5.86. The van der Waals surface area contributed by atoms with Gasteiger partial charge in [-0.15, -0.1) is 13.2 Å². The van der Waals surface area contributed by atoms with Gasteiger partial charge in [0.15, 0.2) is 0 Å². The van der Waals surface area contributed by atoms with Gasteiger partial charge in [0.25, 0.3) is 0 Å². The van der Waals surface area contributed by atoms with Gasteiger partial charge in [-0.3, -0.25) is 0 Å². The average molecular weight is 215 g/mol. The van der Waals surface area contributed by atoms with Crippen LogP contribution in [0.1, 0.15) is 5.69 Å². The second-order valence-electron chi connectivity index (χ2n) is 3.22. The SMILES string of the molecule is Cc1cc2c(OC(F)(F)F)cccc2[nH]1. The predicted molar refractivity (Wildman–Crippen MR) is 49.7 cm³/mol. The van der Waals surface area contributed by atoms with Crippen molar-refractivity contribution >= 4 is 10.9 Å². The molecule has 1 heterocycles. The van der Waals surface area contributed by atoms with Crippen molar-refractivity contribution in [3.63, 3.8) is 0 Å². The first-order valence-electron chi connectivity index (χ1n) is 4.30. The quantitative estimate of drug-likeness (QED) is 0.775. The van der Waals surface area contributed by atoms with E-state index in [2.05, 4.69) is 9.72 Å². The Balaban J connectivity index is 2.51. The van der Waals surface area contributed by atoms with Crippen molar-refractivity contribution in [1.29, 1.82) is 0 Å². The zero-order valence-electron chi connectivity index (χ0n) is 7.85. The number of H-pyrrole nitrogens is 1. The number of alkyl halides is 3. The summed E-state index contributed by atoms with van der Waals surface area (Å²) in [5.41, 5.74) is 1.43. The van der Waals surface area contributed by atoms with Crippen LogP contribution in [0.25, 0.3) is 10.9 Å². The van der Waals surface area contributed by atoms with Gasteiger partial charge < -0.3 is 9.72 Å². The van der Waals surface area contributed by atoms with Gasteiger partial charge in [0.1, 0.15) is 5.75 Å². The predicted octanol–water partition coefficient (Wildman–Crippen LogP) is 3.37. The van der Waals surface area contributed by atoms with Gasteiger partial charge in [0, 0.05) is 16.6 Å². The summed E-state index contributed by atoms with van der Waals surface area (Å²) in [5.74, 6) is -0.177. The molecule has 0 atom stereocenters. The van der Waals surface area contributed by atoms with Gasteiger partial charge in [0.2, 0.25) is 0 Å². The molecule has 0 aliphatic carbocycles. The van der Waals surface area contributed by atoms with Crippen LogP contribution in [0.2, 0.25) is 0 Å². The number of aryl methyl sites for hydroxylation is 1. The number of hydrogen-bond donors (Lipinski definition) is 1. The molecule has 0 bridgehead atoms. The van der Waals surface area contributed by atoms with Crippen LogP contribution in [-0.4, -0.2) is 11.3 Å². The number of fused-ring (bicyclic) bond motifs is 1. The highest BCUT2D eigenvalue weighted by Crippen LogP contribution is 2.30. The van der Waals surface area contributed by atoms with Gasteiger partial charge in [0.05, 0.1) is 0 Å². The van der Waals surface area contributed by atoms with Gasteiger partial charge in [-0.05, 0) is 25.1 Å². The molecule has 0 amide bonds. The number of benzene rings is 1. The Kier molecular flexibility index (Phi) is 2.10. The zero-order valence-corrected chi connectivity index (χ0v) is 7.85. The first-order chi connectivity index (χ1) is 6.96. The second-order valence-corrected chi connectivity index (χ2v) is 3.22. The topological polar surface area (TPSA) is 25.0 Å². The molecule has 1 aromatic carbocycles. The van der Waals surface area contributed by atoms with E-state index in [0.29, 0.717) is 10.9 Å². The van der Waals surface area contributed by atoms with E-state index in [1.807, 2.05) is 0 Å². The maximum atomic E-state index is 12.0. The zero-order chi connectivity index (χ0) is 11.1. The third kappa shape index (κ3) is 2.06.